The van der Waals surface area contributed by atoms with Gasteiger partial charge in [-0.25, -0.2) is 0 Å². The monoisotopic (exact) mass is 348 g/mol. The fraction of sp³-hybridized carbons (Fsp3) is 0.722. The minimum Gasteiger partial charge on any atom is -0.376 e. The zero-order chi connectivity index (χ0) is 18.2. The molecule has 7 nitrogen and oxygen atoms in total. The highest BCUT2D eigenvalue weighted by Gasteiger charge is 2.48. The van der Waals surface area contributed by atoms with Crippen LogP contribution in [-0.2, 0) is 9.59 Å². The van der Waals surface area contributed by atoms with E-state index < -0.39 is 11.8 Å². The normalized spacial score (nSPS) is 29.0. The molecule has 1 amide bonds. The lowest BCUT2D eigenvalue weighted by atomic mass is 9.90. The lowest BCUT2D eigenvalue weighted by Gasteiger charge is -2.50. The molecule has 2 unspecified atom stereocenters. The predicted molar refractivity (Wildman–Crippen MR) is 94.7 cm³/mol. The molecular weight excluding hydrogens is 320 g/mol. The van der Waals surface area contributed by atoms with Gasteiger partial charge in [0, 0.05) is 26.4 Å². The van der Waals surface area contributed by atoms with Crippen LogP contribution in [0.2, 0.25) is 0 Å². The lowest BCUT2D eigenvalue weighted by Crippen LogP contribution is -2.69. The van der Waals surface area contributed by atoms with Crippen LogP contribution in [0.15, 0.2) is 16.9 Å². The standard InChI is InChI=1S/C18H28N4O3/c1-12(23)14-9-10-15-16(24)21(3)18(2,11-22(15)20-14)17(25)19-13-7-5-4-6-8-13/h10,13,17,19,25H,4-9,11H2,1-3H3. The SMILES string of the molecule is CC(=O)C1=NN2CC(C)(C(O)NC3CCCCC3)N(C)C(=O)C2=CC1. The average Bonchev–Trinajstić information content (AvgIpc) is 2.60. The molecule has 138 valence electrons. The molecule has 7 heteroatoms. The number of piperazine rings is 1. The zero-order valence-corrected chi connectivity index (χ0v) is 15.3. The number of nitrogens with zero attached hydrogens (tertiary/aromatic N) is 3. The van der Waals surface area contributed by atoms with Gasteiger partial charge in [-0.2, -0.15) is 5.10 Å². The average molecular weight is 348 g/mol. The lowest BCUT2D eigenvalue weighted by molar-refractivity contribution is -0.147. The first kappa shape index (κ1) is 18.1. The number of carbonyl (C=O) groups is 2. The van der Waals surface area contributed by atoms with Crippen LogP contribution in [0.5, 0.6) is 0 Å². The van der Waals surface area contributed by atoms with Crippen molar-refractivity contribution in [2.24, 2.45) is 5.10 Å². The molecule has 3 rings (SSSR count). The van der Waals surface area contributed by atoms with E-state index in [9.17, 15) is 14.7 Å². The van der Waals surface area contributed by atoms with Crippen LogP contribution in [0.3, 0.4) is 0 Å². The highest BCUT2D eigenvalue weighted by Crippen LogP contribution is 2.32. The molecule has 2 aliphatic heterocycles. The summed E-state index contributed by atoms with van der Waals surface area (Å²) in [5, 5.41) is 20.1. The van der Waals surface area contributed by atoms with Crippen molar-refractivity contribution < 1.29 is 14.7 Å². The molecule has 0 aromatic rings. The first-order chi connectivity index (χ1) is 11.8. The molecule has 0 radical (unpaired) electrons. The van der Waals surface area contributed by atoms with E-state index in [0.29, 0.717) is 24.4 Å². The summed E-state index contributed by atoms with van der Waals surface area (Å²) in [4.78, 5) is 26.0. The number of amides is 1. The van der Waals surface area contributed by atoms with Crippen molar-refractivity contribution in [1.82, 2.24) is 15.2 Å². The van der Waals surface area contributed by atoms with Crippen LogP contribution in [0, 0.1) is 0 Å². The molecule has 3 aliphatic rings. The molecule has 2 fully saturated rings. The fourth-order valence-electron chi connectivity index (χ4n) is 3.83. The number of likely N-dealkylation sites (N-methyl/N-ethyl adjacent to an activating group) is 1. The van der Waals surface area contributed by atoms with Crippen molar-refractivity contribution >= 4 is 17.4 Å². The number of rotatable bonds is 4. The third kappa shape index (κ3) is 3.35. The Labute approximate surface area is 148 Å². The van der Waals surface area contributed by atoms with Crippen LogP contribution in [0.4, 0.5) is 0 Å². The van der Waals surface area contributed by atoms with Crippen LogP contribution in [0.1, 0.15) is 52.4 Å². The van der Waals surface area contributed by atoms with E-state index in [2.05, 4.69) is 10.4 Å². The maximum absolute atomic E-state index is 12.8. The Hall–Kier alpha value is -1.73. The van der Waals surface area contributed by atoms with Crippen molar-refractivity contribution in [3.05, 3.63) is 11.8 Å². The van der Waals surface area contributed by atoms with Gasteiger partial charge in [0.1, 0.15) is 17.6 Å². The highest BCUT2D eigenvalue weighted by molar-refractivity contribution is 6.39. The second-order valence-corrected chi connectivity index (χ2v) is 7.58. The molecule has 1 saturated carbocycles. The van der Waals surface area contributed by atoms with Gasteiger partial charge in [-0.1, -0.05) is 19.3 Å². The van der Waals surface area contributed by atoms with Gasteiger partial charge in [0.25, 0.3) is 5.91 Å². The molecule has 1 aliphatic carbocycles. The Morgan fingerprint density at radius 2 is 2.08 bits per heavy atom. The number of hydrogen-bond donors (Lipinski definition) is 2. The largest absolute Gasteiger partial charge is 0.376 e. The van der Waals surface area contributed by atoms with Gasteiger partial charge in [-0.3, -0.25) is 19.9 Å². The Balaban J connectivity index is 1.80. The molecule has 1 saturated heterocycles. The van der Waals surface area contributed by atoms with Gasteiger partial charge in [-0.05, 0) is 25.8 Å². The van der Waals surface area contributed by atoms with E-state index in [-0.39, 0.29) is 17.7 Å². The predicted octanol–water partition coefficient (Wildman–Crippen LogP) is 0.992. The first-order valence-electron chi connectivity index (χ1n) is 9.11. The minimum absolute atomic E-state index is 0.0933. The van der Waals surface area contributed by atoms with Gasteiger partial charge >= 0.3 is 0 Å². The number of hydrazone groups is 1. The Morgan fingerprint density at radius 3 is 2.72 bits per heavy atom. The molecule has 25 heavy (non-hydrogen) atoms. The molecule has 0 aromatic heterocycles. The molecule has 2 N–H and O–H groups in total. The number of ketones is 1. The van der Waals surface area contributed by atoms with Crippen LogP contribution >= 0.6 is 0 Å². The van der Waals surface area contributed by atoms with Gasteiger partial charge < -0.3 is 10.0 Å². The number of fused-ring (bicyclic) bond motifs is 1. The quantitative estimate of drug-likeness (QED) is 0.740. The Kier molecular flexibility index (Phi) is 4.97. The van der Waals surface area contributed by atoms with Gasteiger partial charge in [-0.15, -0.1) is 0 Å². The van der Waals surface area contributed by atoms with Crippen molar-refractivity contribution in [3.63, 3.8) is 0 Å². The Morgan fingerprint density at radius 1 is 1.40 bits per heavy atom. The third-order valence-electron chi connectivity index (χ3n) is 5.76. The number of Topliss-reactive ketones (excluding diaryl/α,β-unsaturated/α-hetero) is 1. The number of hydrogen-bond acceptors (Lipinski definition) is 6. The minimum atomic E-state index is -0.857. The van der Waals surface area contributed by atoms with Crippen molar-refractivity contribution in [3.8, 4) is 0 Å². The van der Waals surface area contributed by atoms with E-state index >= 15 is 0 Å². The summed E-state index contributed by atoms with van der Waals surface area (Å²) >= 11 is 0. The summed E-state index contributed by atoms with van der Waals surface area (Å²) in [7, 11) is 1.72. The molecule has 2 atom stereocenters. The number of carbonyl (C=O) groups excluding carboxylic acids is 2. The highest BCUT2D eigenvalue weighted by atomic mass is 16.3. The van der Waals surface area contributed by atoms with Crippen LogP contribution in [0.25, 0.3) is 0 Å². The zero-order valence-electron chi connectivity index (χ0n) is 15.3. The Bertz CT molecular complexity index is 624. The summed E-state index contributed by atoms with van der Waals surface area (Å²) in [5.74, 6) is -0.270. The van der Waals surface area contributed by atoms with Crippen LogP contribution < -0.4 is 5.32 Å². The second kappa shape index (κ2) is 6.88. The van der Waals surface area contributed by atoms with E-state index in [0.717, 1.165) is 12.8 Å². The number of allylic oxidation sites excluding steroid dienone is 1. The van der Waals surface area contributed by atoms with E-state index in [1.165, 1.54) is 26.2 Å². The molecule has 0 bridgehead atoms. The van der Waals surface area contributed by atoms with Gasteiger partial charge in [0.2, 0.25) is 0 Å². The fourth-order valence-corrected chi connectivity index (χ4v) is 3.83. The number of nitrogens with one attached hydrogen (secondary N) is 1. The van der Waals surface area contributed by atoms with Crippen molar-refractivity contribution in [2.45, 2.75) is 70.2 Å². The molecular formula is C18H28N4O3. The van der Waals surface area contributed by atoms with E-state index in [4.69, 9.17) is 0 Å². The molecule has 2 heterocycles. The summed E-state index contributed by atoms with van der Waals surface area (Å²) in [6.07, 6.45) is 6.95. The summed E-state index contributed by atoms with van der Waals surface area (Å²) in [5.41, 5.74) is 0.0993. The number of aliphatic hydroxyl groups excluding tert-OH is 1. The summed E-state index contributed by atoms with van der Waals surface area (Å²) in [6, 6.07) is 0.277. The topological polar surface area (TPSA) is 85.2 Å². The van der Waals surface area contributed by atoms with Gasteiger partial charge in [0.15, 0.2) is 5.78 Å². The molecule has 0 spiro atoms. The van der Waals surface area contributed by atoms with Crippen molar-refractivity contribution in [2.75, 3.05) is 13.6 Å². The summed E-state index contributed by atoms with van der Waals surface area (Å²) < 4.78 is 0. The second-order valence-electron chi connectivity index (χ2n) is 7.58. The first-order valence-corrected chi connectivity index (χ1v) is 9.11. The smallest absolute Gasteiger partial charge is 0.272 e. The summed E-state index contributed by atoms with van der Waals surface area (Å²) in [6.45, 7) is 3.69. The van der Waals surface area contributed by atoms with Crippen LogP contribution in [-0.4, -0.2) is 63.8 Å². The maximum Gasteiger partial charge on any atom is 0.272 e. The maximum atomic E-state index is 12.8. The number of aliphatic hydroxyl groups is 1. The van der Waals surface area contributed by atoms with Crippen molar-refractivity contribution in [1.29, 1.82) is 0 Å². The third-order valence-corrected chi connectivity index (χ3v) is 5.76. The van der Waals surface area contributed by atoms with Gasteiger partial charge in [0.05, 0.1) is 12.1 Å². The van der Waals surface area contributed by atoms with E-state index in [1.54, 1.807) is 23.0 Å². The van der Waals surface area contributed by atoms with E-state index in [1.807, 2.05) is 6.92 Å². The molecule has 0 aromatic carbocycles.